The van der Waals surface area contributed by atoms with Crippen LogP contribution in [0.15, 0.2) is 54.2 Å². The van der Waals surface area contributed by atoms with Crippen LogP contribution in [0, 0.1) is 0 Å². The van der Waals surface area contributed by atoms with Crippen molar-refractivity contribution in [3.63, 3.8) is 0 Å². The van der Waals surface area contributed by atoms with Crippen LogP contribution in [0.25, 0.3) is 6.08 Å². The predicted octanol–water partition coefficient (Wildman–Crippen LogP) is 2.90. The van der Waals surface area contributed by atoms with Crippen molar-refractivity contribution in [1.82, 2.24) is 10.6 Å². The summed E-state index contributed by atoms with van der Waals surface area (Å²) in [4.78, 5) is 23.7. The highest BCUT2D eigenvalue weighted by atomic mass is 35.5. The number of rotatable bonds is 3. The molecule has 0 bridgehead atoms. The van der Waals surface area contributed by atoms with Crippen LogP contribution >= 0.6 is 23.8 Å². The molecule has 2 aromatic carbocycles. The van der Waals surface area contributed by atoms with Gasteiger partial charge in [0, 0.05) is 0 Å². The van der Waals surface area contributed by atoms with Crippen LogP contribution in [0.1, 0.15) is 15.9 Å². The van der Waals surface area contributed by atoms with E-state index in [0.717, 1.165) is 5.56 Å². The Hall–Kier alpha value is -2.70. The zero-order chi connectivity index (χ0) is 17.1. The van der Waals surface area contributed by atoms with Crippen molar-refractivity contribution in [3.05, 3.63) is 70.4 Å². The van der Waals surface area contributed by atoms with Crippen LogP contribution in [0.3, 0.4) is 0 Å². The summed E-state index contributed by atoms with van der Waals surface area (Å²) < 4.78 is 5.28. The molecular formula is C17H11ClN2O3S. The van der Waals surface area contributed by atoms with Gasteiger partial charge >= 0.3 is 5.97 Å². The highest BCUT2D eigenvalue weighted by Gasteiger charge is 2.19. The van der Waals surface area contributed by atoms with E-state index in [1.165, 1.54) is 0 Å². The Bertz CT molecular complexity index is 862. The van der Waals surface area contributed by atoms with E-state index in [-0.39, 0.29) is 11.0 Å². The third kappa shape index (κ3) is 3.61. The third-order valence-electron chi connectivity index (χ3n) is 3.22. The van der Waals surface area contributed by atoms with Gasteiger partial charge in [-0.3, -0.25) is 10.1 Å². The van der Waals surface area contributed by atoms with E-state index in [1.54, 1.807) is 54.6 Å². The number of hydrogen-bond donors (Lipinski definition) is 2. The fraction of sp³-hybridized carbons (Fsp3) is 0. The number of thiocarbonyl (C=S) groups is 1. The number of esters is 1. The average Bonchev–Trinajstić information content (AvgIpc) is 2.87. The van der Waals surface area contributed by atoms with Gasteiger partial charge in [-0.2, -0.15) is 0 Å². The Morgan fingerprint density at radius 2 is 1.79 bits per heavy atom. The van der Waals surface area contributed by atoms with Gasteiger partial charge in [0.15, 0.2) is 5.11 Å². The maximum Gasteiger partial charge on any atom is 0.345 e. The number of carbonyl (C=O) groups is 2. The summed E-state index contributed by atoms with van der Waals surface area (Å²) in [5.41, 5.74) is 1.42. The van der Waals surface area contributed by atoms with Crippen molar-refractivity contribution >= 4 is 46.9 Å². The minimum Gasteiger partial charge on any atom is -0.423 e. The number of nitrogens with one attached hydrogen (secondary N) is 2. The van der Waals surface area contributed by atoms with Gasteiger partial charge in [-0.15, -0.1) is 0 Å². The van der Waals surface area contributed by atoms with Crippen molar-refractivity contribution < 1.29 is 14.3 Å². The smallest absolute Gasteiger partial charge is 0.345 e. The van der Waals surface area contributed by atoms with E-state index in [2.05, 4.69) is 10.6 Å². The van der Waals surface area contributed by atoms with E-state index < -0.39 is 5.97 Å². The van der Waals surface area contributed by atoms with Crippen LogP contribution in [0.4, 0.5) is 0 Å². The molecule has 2 N–H and O–H groups in total. The van der Waals surface area contributed by atoms with Gasteiger partial charge in [0.25, 0.3) is 5.91 Å². The zero-order valence-corrected chi connectivity index (χ0v) is 13.8. The van der Waals surface area contributed by atoms with E-state index in [9.17, 15) is 9.59 Å². The lowest BCUT2D eigenvalue weighted by Gasteiger charge is -2.06. The number of amides is 1. The second-order valence-electron chi connectivity index (χ2n) is 4.90. The SMILES string of the molecule is O=C1NC(=S)NC1=Cc1ccc(OC(=O)c2ccccc2Cl)cc1. The second kappa shape index (κ2) is 6.82. The molecule has 120 valence electrons. The van der Waals surface area contributed by atoms with E-state index in [1.807, 2.05) is 0 Å². The van der Waals surface area contributed by atoms with Gasteiger partial charge in [-0.05, 0) is 48.1 Å². The summed E-state index contributed by atoms with van der Waals surface area (Å²) in [6.07, 6.45) is 1.65. The first-order chi connectivity index (χ1) is 11.5. The standard InChI is InChI=1S/C17H11ClN2O3S/c18-13-4-2-1-3-12(13)16(22)23-11-7-5-10(6-8-11)9-14-15(21)20-17(24)19-14/h1-9H,(H2,19,20,21,24). The molecule has 0 unspecified atom stereocenters. The topological polar surface area (TPSA) is 67.4 Å². The molecule has 0 radical (unpaired) electrons. The Morgan fingerprint density at radius 1 is 1.08 bits per heavy atom. The van der Waals surface area contributed by atoms with Gasteiger partial charge in [-0.1, -0.05) is 35.9 Å². The Kier molecular flexibility index (Phi) is 4.59. The van der Waals surface area contributed by atoms with Crippen molar-refractivity contribution in [1.29, 1.82) is 0 Å². The molecule has 0 atom stereocenters. The van der Waals surface area contributed by atoms with Crippen LogP contribution in [0.5, 0.6) is 5.75 Å². The average molecular weight is 359 g/mol. The minimum atomic E-state index is -0.533. The first-order valence-corrected chi connectivity index (χ1v) is 7.72. The molecule has 1 fully saturated rings. The third-order valence-corrected chi connectivity index (χ3v) is 3.75. The maximum absolute atomic E-state index is 12.1. The number of ether oxygens (including phenoxy) is 1. The van der Waals surface area contributed by atoms with E-state index in [0.29, 0.717) is 22.0 Å². The number of halogens is 1. The molecular weight excluding hydrogens is 348 g/mol. The molecule has 24 heavy (non-hydrogen) atoms. The van der Waals surface area contributed by atoms with Crippen molar-refractivity contribution in [2.45, 2.75) is 0 Å². The van der Waals surface area contributed by atoms with Crippen LogP contribution in [0.2, 0.25) is 5.02 Å². The summed E-state index contributed by atoms with van der Waals surface area (Å²) in [5.74, 6) is -0.440. The normalized spacial score (nSPS) is 15.1. The molecule has 5 nitrogen and oxygen atoms in total. The van der Waals surface area contributed by atoms with Gasteiger partial charge in [-0.25, -0.2) is 4.79 Å². The highest BCUT2D eigenvalue weighted by molar-refractivity contribution is 7.80. The number of hydrogen-bond acceptors (Lipinski definition) is 4. The summed E-state index contributed by atoms with van der Waals surface area (Å²) in [6.45, 7) is 0. The lowest BCUT2D eigenvalue weighted by Crippen LogP contribution is -2.21. The van der Waals surface area contributed by atoms with Crippen LogP contribution < -0.4 is 15.4 Å². The molecule has 0 spiro atoms. The first kappa shape index (κ1) is 16.2. The molecule has 1 aliphatic heterocycles. The molecule has 0 saturated carbocycles. The monoisotopic (exact) mass is 358 g/mol. The highest BCUT2D eigenvalue weighted by Crippen LogP contribution is 2.20. The molecule has 1 aliphatic rings. The van der Waals surface area contributed by atoms with Crippen molar-refractivity contribution in [3.8, 4) is 5.75 Å². The largest absolute Gasteiger partial charge is 0.423 e. The number of benzene rings is 2. The second-order valence-corrected chi connectivity index (χ2v) is 5.72. The Balaban J connectivity index is 1.72. The van der Waals surface area contributed by atoms with Crippen molar-refractivity contribution in [2.24, 2.45) is 0 Å². The Labute approximate surface area is 148 Å². The molecule has 1 saturated heterocycles. The van der Waals surface area contributed by atoms with Gasteiger partial charge < -0.3 is 10.1 Å². The van der Waals surface area contributed by atoms with Gasteiger partial charge in [0.05, 0.1) is 10.6 Å². The lowest BCUT2D eigenvalue weighted by molar-refractivity contribution is -0.115. The fourth-order valence-corrected chi connectivity index (χ4v) is 2.49. The maximum atomic E-state index is 12.1. The quantitative estimate of drug-likeness (QED) is 0.382. The van der Waals surface area contributed by atoms with E-state index in [4.69, 9.17) is 28.6 Å². The molecule has 1 heterocycles. The summed E-state index contributed by atoms with van der Waals surface area (Å²) in [6, 6.07) is 13.4. The van der Waals surface area contributed by atoms with Crippen LogP contribution in [-0.4, -0.2) is 17.0 Å². The van der Waals surface area contributed by atoms with E-state index >= 15 is 0 Å². The first-order valence-electron chi connectivity index (χ1n) is 6.94. The number of carbonyl (C=O) groups excluding carboxylic acids is 2. The zero-order valence-electron chi connectivity index (χ0n) is 12.2. The Morgan fingerprint density at radius 3 is 2.42 bits per heavy atom. The molecule has 3 rings (SSSR count). The van der Waals surface area contributed by atoms with Crippen molar-refractivity contribution in [2.75, 3.05) is 0 Å². The predicted molar refractivity (Wildman–Crippen MR) is 94.7 cm³/mol. The lowest BCUT2D eigenvalue weighted by atomic mass is 10.2. The molecule has 7 heteroatoms. The van der Waals surface area contributed by atoms with Gasteiger partial charge in [0.2, 0.25) is 0 Å². The summed E-state index contributed by atoms with van der Waals surface area (Å²) >= 11 is 10.8. The minimum absolute atomic E-state index is 0.275. The molecule has 0 aromatic heterocycles. The molecule has 2 aromatic rings. The summed E-state index contributed by atoms with van der Waals surface area (Å²) in [5, 5.41) is 5.84. The summed E-state index contributed by atoms with van der Waals surface area (Å²) in [7, 11) is 0. The molecule has 0 aliphatic carbocycles. The molecule has 1 amide bonds. The van der Waals surface area contributed by atoms with Crippen LogP contribution in [-0.2, 0) is 4.79 Å². The van der Waals surface area contributed by atoms with Gasteiger partial charge in [0.1, 0.15) is 11.4 Å². The fourth-order valence-electron chi connectivity index (χ4n) is 2.07.